The Kier molecular flexibility index (Phi) is 4.93. The molecule has 6 heteroatoms. The Morgan fingerprint density at radius 3 is 2.46 bits per heavy atom. The fraction of sp³-hybridized carbons (Fsp3) is 0.250. The number of rotatable bonds is 5. The van der Waals surface area contributed by atoms with Gasteiger partial charge in [0, 0.05) is 17.4 Å². The number of hydrogen-bond donors (Lipinski definition) is 1. The Labute approximate surface area is 150 Å². The van der Waals surface area contributed by atoms with Gasteiger partial charge in [0.25, 0.3) is 5.91 Å². The molecule has 1 amide bonds. The first-order chi connectivity index (χ1) is 12.5. The molecule has 0 saturated heterocycles. The molecular weight excluding hydrogens is 338 g/mol. The van der Waals surface area contributed by atoms with E-state index in [0.717, 1.165) is 28.6 Å². The van der Waals surface area contributed by atoms with E-state index in [1.165, 1.54) is 6.07 Å². The number of fused-ring (bicyclic) bond motifs is 1. The zero-order valence-corrected chi connectivity index (χ0v) is 14.9. The predicted octanol–water partition coefficient (Wildman–Crippen LogP) is 4.90. The van der Waals surface area contributed by atoms with Crippen molar-refractivity contribution >= 4 is 22.5 Å². The van der Waals surface area contributed by atoms with Crippen LogP contribution in [-0.2, 0) is 6.54 Å². The molecule has 26 heavy (non-hydrogen) atoms. The fourth-order valence-corrected chi connectivity index (χ4v) is 3.17. The number of carbonyl (C=O) groups excluding carboxylic acids is 1. The maximum absolute atomic E-state index is 13.9. The summed E-state index contributed by atoms with van der Waals surface area (Å²) in [5, 5.41) is 3.24. The van der Waals surface area contributed by atoms with E-state index in [9.17, 15) is 13.6 Å². The topological polar surface area (TPSA) is 43.3 Å². The second-order valence-electron chi connectivity index (χ2n) is 5.88. The van der Waals surface area contributed by atoms with Crippen molar-refractivity contribution in [3.8, 4) is 5.75 Å². The molecule has 4 nitrogen and oxygen atoms in total. The Morgan fingerprint density at radius 1 is 1.15 bits per heavy atom. The number of amides is 1. The van der Waals surface area contributed by atoms with Crippen LogP contribution < -0.4 is 10.1 Å². The Balaban J connectivity index is 2.08. The molecule has 1 heterocycles. The number of ether oxygens (including phenoxy) is 1. The molecule has 3 rings (SSSR count). The lowest BCUT2D eigenvalue weighted by Gasteiger charge is -2.11. The van der Waals surface area contributed by atoms with Crippen LogP contribution in [0.3, 0.4) is 0 Å². The number of benzene rings is 2. The van der Waals surface area contributed by atoms with Gasteiger partial charge >= 0.3 is 0 Å². The summed E-state index contributed by atoms with van der Waals surface area (Å²) in [6.45, 7) is 6.71. The zero-order chi connectivity index (χ0) is 18.8. The molecule has 0 radical (unpaired) electrons. The summed E-state index contributed by atoms with van der Waals surface area (Å²) in [4.78, 5) is 12.8. The highest BCUT2D eigenvalue weighted by molar-refractivity contribution is 6.08. The van der Waals surface area contributed by atoms with Crippen LogP contribution >= 0.6 is 0 Å². The summed E-state index contributed by atoms with van der Waals surface area (Å²) in [6.07, 6.45) is 0. The van der Waals surface area contributed by atoms with E-state index in [-0.39, 0.29) is 0 Å². The summed E-state index contributed by atoms with van der Waals surface area (Å²) in [5.41, 5.74) is 1.53. The van der Waals surface area contributed by atoms with Crippen LogP contribution in [0.2, 0.25) is 0 Å². The maximum atomic E-state index is 13.9. The van der Waals surface area contributed by atoms with Crippen molar-refractivity contribution in [1.82, 2.24) is 4.57 Å². The molecule has 0 spiro atoms. The Hall–Kier alpha value is -2.89. The third-order valence-electron chi connectivity index (χ3n) is 4.33. The monoisotopic (exact) mass is 358 g/mol. The van der Waals surface area contributed by atoms with Crippen LogP contribution in [0.25, 0.3) is 10.9 Å². The van der Waals surface area contributed by atoms with Gasteiger partial charge in [-0.1, -0.05) is 6.07 Å². The molecule has 0 aliphatic carbocycles. The predicted molar refractivity (Wildman–Crippen MR) is 97.8 cm³/mol. The summed E-state index contributed by atoms with van der Waals surface area (Å²) in [5.74, 6) is -1.46. The number of halogens is 2. The van der Waals surface area contributed by atoms with Gasteiger partial charge in [-0.15, -0.1) is 0 Å². The van der Waals surface area contributed by atoms with Gasteiger partial charge in [0.2, 0.25) is 0 Å². The quantitative estimate of drug-likeness (QED) is 0.705. The first-order valence-electron chi connectivity index (χ1n) is 8.48. The minimum absolute atomic E-state index is 0.374. The van der Waals surface area contributed by atoms with Crippen LogP contribution in [0.5, 0.6) is 5.75 Å². The number of anilines is 1. The number of aryl methyl sites for hydroxylation is 2. The third kappa shape index (κ3) is 3.03. The average molecular weight is 358 g/mol. The SMILES string of the molecule is CCOc1ccc2c(c1)c(C)c(C(=O)Nc1c(F)cccc1F)n2CC. The molecule has 0 aliphatic heterocycles. The Bertz CT molecular complexity index is 959. The number of hydrogen-bond acceptors (Lipinski definition) is 2. The van der Waals surface area contributed by atoms with Crippen molar-refractivity contribution in [2.45, 2.75) is 27.3 Å². The fourth-order valence-electron chi connectivity index (χ4n) is 3.17. The lowest BCUT2D eigenvalue weighted by molar-refractivity contribution is 0.101. The van der Waals surface area contributed by atoms with Crippen molar-refractivity contribution in [3.05, 3.63) is 59.3 Å². The second kappa shape index (κ2) is 7.15. The van der Waals surface area contributed by atoms with Crippen LogP contribution in [0.4, 0.5) is 14.5 Å². The second-order valence-corrected chi connectivity index (χ2v) is 5.88. The third-order valence-corrected chi connectivity index (χ3v) is 4.33. The summed E-state index contributed by atoms with van der Waals surface area (Å²) >= 11 is 0. The zero-order valence-electron chi connectivity index (χ0n) is 14.9. The van der Waals surface area contributed by atoms with E-state index in [2.05, 4.69) is 5.32 Å². The minimum atomic E-state index is -0.811. The molecule has 0 fully saturated rings. The number of nitrogens with one attached hydrogen (secondary N) is 1. The van der Waals surface area contributed by atoms with Crippen molar-refractivity contribution in [1.29, 1.82) is 0 Å². The van der Waals surface area contributed by atoms with E-state index >= 15 is 0 Å². The van der Waals surface area contributed by atoms with Crippen molar-refractivity contribution in [2.75, 3.05) is 11.9 Å². The molecule has 0 saturated carbocycles. The van der Waals surface area contributed by atoms with Crippen molar-refractivity contribution in [3.63, 3.8) is 0 Å². The molecule has 2 aromatic carbocycles. The Morgan fingerprint density at radius 2 is 1.85 bits per heavy atom. The van der Waals surface area contributed by atoms with Gasteiger partial charge in [-0.05, 0) is 56.7 Å². The van der Waals surface area contributed by atoms with E-state index in [4.69, 9.17) is 4.74 Å². The molecule has 1 N–H and O–H groups in total. The number of nitrogens with zero attached hydrogens (tertiary/aromatic N) is 1. The normalized spacial score (nSPS) is 11.0. The molecule has 0 unspecified atom stereocenters. The highest BCUT2D eigenvalue weighted by Crippen LogP contribution is 2.30. The largest absolute Gasteiger partial charge is 0.494 e. The van der Waals surface area contributed by atoms with Crippen LogP contribution in [-0.4, -0.2) is 17.1 Å². The number of para-hydroxylation sites is 1. The summed E-state index contributed by atoms with van der Waals surface area (Å²) < 4.78 is 35.1. The van der Waals surface area contributed by atoms with Gasteiger partial charge in [0.15, 0.2) is 0 Å². The number of carbonyl (C=O) groups is 1. The summed E-state index contributed by atoms with van der Waals surface area (Å²) in [7, 11) is 0. The first-order valence-corrected chi connectivity index (χ1v) is 8.48. The van der Waals surface area contributed by atoms with Crippen LogP contribution in [0.15, 0.2) is 36.4 Å². The highest BCUT2D eigenvalue weighted by atomic mass is 19.1. The van der Waals surface area contributed by atoms with Gasteiger partial charge < -0.3 is 14.6 Å². The maximum Gasteiger partial charge on any atom is 0.272 e. The van der Waals surface area contributed by atoms with Crippen molar-refractivity contribution < 1.29 is 18.3 Å². The molecule has 0 aliphatic rings. The van der Waals surface area contributed by atoms with E-state index in [1.807, 2.05) is 43.5 Å². The smallest absolute Gasteiger partial charge is 0.272 e. The molecule has 3 aromatic rings. The molecule has 0 atom stereocenters. The molecule has 136 valence electrons. The van der Waals surface area contributed by atoms with Gasteiger partial charge in [0.05, 0.1) is 6.61 Å². The van der Waals surface area contributed by atoms with Crippen LogP contribution in [0, 0.1) is 18.6 Å². The van der Waals surface area contributed by atoms with Gasteiger partial charge in [0.1, 0.15) is 28.8 Å². The molecular formula is C20H20F2N2O2. The van der Waals surface area contributed by atoms with Gasteiger partial charge in [-0.3, -0.25) is 4.79 Å². The van der Waals surface area contributed by atoms with Gasteiger partial charge in [-0.2, -0.15) is 0 Å². The van der Waals surface area contributed by atoms with Gasteiger partial charge in [-0.25, -0.2) is 8.78 Å². The van der Waals surface area contributed by atoms with Crippen molar-refractivity contribution in [2.24, 2.45) is 0 Å². The lowest BCUT2D eigenvalue weighted by atomic mass is 10.1. The van der Waals surface area contributed by atoms with E-state index < -0.39 is 23.2 Å². The van der Waals surface area contributed by atoms with E-state index in [0.29, 0.717) is 24.6 Å². The first kappa shape index (κ1) is 17.9. The highest BCUT2D eigenvalue weighted by Gasteiger charge is 2.22. The lowest BCUT2D eigenvalue weighted by Crippen LogP contribution is -2.19. The van der Waals surface area contributed by atoms with Crippen LogP contribution in [0.1, 0.15) is 29.9 Å². The standard InChI is InChI=1S/C20H20F2N2O2/c1-4-24-17-10-9-13(26-5-2)11-14(17)12(3)19(24)20(25)23-18-15(21)7-6-8-16(18)22/h6-11H,4-5H2,1-3H3,(H,23,25). The minimum Gasteiger partial charge on any atom is -0.494 e. The number of aromatic nitrogens is 1. The molecule has 1 aromatic heterocycles. The molecule has 0 bridgehead atoms. The summed E-state index contributed by atoms with van der Waals surface area (Å²) in [6, 6.07) is 9.07. The average Bonchev–Trinajstić information content (AvgIpc) is 2.90. The van der Waals surface area contributed by atoms with E-state index in [1.54, 1.807) is 0 Å².